The topological polar surface area (TPSA) is 53.9 Å². The number of aromatic nitrogens is 2. The predicted molar refractivity (Wildman–Crippen MR) is 67.3 cm³/mol. The Morgan fingerprint density at radius 3 is 3.12 bits per heavy atom. The van der Waals surface area contributed by atoms with Gasteiger partial charge in [-0.3, -0.25) is 0 Å². The number of nitrogens with zero attached hydrogens (tertiary/aromatic N) is 1. The zero-order chi connectivity index (χ0) is 11.8. The van der Waals surface area contributed by atoms with Crippen LogP contribution in [0.5, 0.6) is 0 Å². The van der Waals surface area contributed by atoms with Gasteiger partial charge in [0.05, 0.1) is 11.8 Å². The molecule has 1 aliphatic heterocycles. The van der Waals surface area contributed by atoms with Gasteiger partial charge in [-0.25, -0.2) is 4.98 Å². The minimum Gasteiger partial charge on any atom is -0.469 e. The highest BCUT2D eigenvalue weighted by atomic mass is 32.1. The highest BCUT2D eigenvalue weighted by Gasteiger charge is 2.15. The number of fused-ring (bicyclic) bond motifs is 1. The summed E-state index contributed by atoms with van der Waals surface area (Å²) in [6.45, 7) is 3.71. The molecule has 0 aromatic carbocycles. The van der Waals surface area contributed by atoms with Gasteiger partial charge in [0.25, 0.3) is 0 Å². The highest BCUT2D eigenvalue weighted by Crippen LogP contribution is 2.23. The lowest BCUT2D eigenvalue weighted by molar-refractivity contribution is 0.535. The second-order valence-electron chi connectivity index (χ2n) is 4.16. The van der Waals surface area contributed by atoms with Gasteiger partial charge in [0.1, 0.15) is 16.2 Å². The van der Waals surface area contributed by atoms with Crippen molar-refractivity contribution < 1.29 is 4.42 Å². The highest BCUT2D eigenvalue weighted by molar-refractivity contribution is 7.71. The molecule has 3 rings (SSSR count). The molecule has 0 saturated heterocycles. The van der Waals surface area contributed by atoms with Crippen LogP contribution in [0, 0.1) is 11.6 Å². The normalized spacial score (nSPS) is 14.6. The van der Waals surface area contributed by atoms with Gasteiger partial charge in [-0.05, 0) is 13.0 Å². The quantitative estimate of drug-likeness (QED) is 0.760. The molecule has 0 spiro atoms. The van der Waals surface area contributed by atoms with E-state index in [4.69, 9.17) is 16.6 Å². The van der Waals surface area contributed by atoms with Crippen molar-refractivity contribution >= 4 is 12.2 Å². The Hall–Kier alpha value is -1.46. The molecule has 3 heterocycles. The monoisotopic (exact) mass is 247 g/mol. The van der Waals surface area contributed by atoms with Crippen molar-refractivity contribution in [3.05, 3.63) is 34.0 Å². The number of rotatable bonds is 1. The molecule has 0 radical (unpaired) electrons. The lowest BCUT2D eigenvalue weighted by Gasteiger charge is -2.17. The van der Waals surface area contributed by atoms with Crippen LogP contribution < -0.4 is 5.32 Å². The summed E-state index contributed by atoms with van der Waals surface area (Å²) in [4.78, 5) is 7.82. The lowest BCUT2D eigenvalue weighted by atomic mass is 10.1. The Bertz CT molecular complexity index is 614. The number of H-pyrrole nitrogens is 1. The van der Waals surface area contributed by atoms with E-state index in [0.29, 0.717) is 4.64 Å². The van der Waals surface area contributed by atoms with Crippen molar-refractivity contribution in [3.8, 4) is 11.4 Å². The van der Waals surface area contributed by atoms with Crippen molar-refractivity contribution in [2.45, 2.75) is 19.9 Å². The molecule has 0 amide bonds. The van der Waals surface area contributed by atoms with E-state index in [1.165, 1.54) is 5.69 Å². The molecule has 0 atom stereocenters. The maximum absolute atomic E-state index is 5.34. The Morgan fingerprint density at radius 1 is 1.47 bits per heavy atom. The average Bonchev–Trinajstić information content (AvgIpc) is 2.75. The number of nitrogens with one attached hydrogen (secondary N) is 2. The predicted octanol–water partition coefficient (Wildman–Crippen LogP) is 2.35. The summed E-state index contributed by atoms with van der Waals surface area (Å²) < 4.78 is 5.98. The number of aromatic amines is 1. The third kappa shape index (κ3) is 1.81. The van der Waals surface area contributed by atoms with E-state index in [1.807, 2.05) is 13.0 Å². The molecule has 1 aliphatic rings. The first-order valence-electron chi connectivity index (χ1n) is 5.63. The zero-order valence-electron chi connectivity index (χ0n) is 9.54. The van der Waals surface area contributed by atoms with Crippen LogP contribution in [0.2, 0.25) is 0 Å². The second kappa shape index (κ2) is 4.09. The lowest BCUT2D eigenvalue weighted by Crippen LogP contribution is -2.25. The molecule has 0 aliphatic carbocycles. The minimum atomic E-state index is 0.682. The van der Waals surface area contributed by atoms with Crippen LogP contribution in [-0.4, -0.2) is 16.5 Å². The number of furan rings is 1. The summed E-state index contributed by atoms with van der Waals surface area (Å²) in [5, 5.41) is 3.30. The van der Waals surface area contributed by atoms with E-state index in [-0.39, 0.29) is 0 Å². The van der Waals surface area contributed by atoms with Crippen molar-refractivity contribution in [1.82, 2.24) is 15.3 Å². The fourth-order valence-corrected chi connectivity index (χ4v) is 2.41. The SMILES string of the molecule is Cc1occc1-c1nc(=S)c2c([nH]1)CCNC2. The van der Waals surface area contributed by atoms with Crippen molar-refractivity contribution in [2.24, 2.45) is 0 Å². The van der Waals surface area contributed by atoms with E-state index in [1.54, 1.807) is 6.26 Å². The summed E-state index contributed by atoms with van der Waals surface area (Å²) in [6.07, 6.45) is 2.63. The molecule has 2 N–H and O–H groups in total. The van der Waals surface area contributed by atoms with Gasteiger partial charge in [-0.2, -0.15) is 0 Å². The van der Waals surface area contributed by atoms with E-state index >= 15 is 0 Å². The largest absolute Gasteiger partial charge is 0.469 e. The molecule has 0 unspecified atom stereocenters. The Balaban J connectivity index is 2.17. The Labute approximate surface area is 104 Å². The number of aryl methyl sites for hydroxylation is 1. The van der Waals surface area contributed by atoms with Gasteiger partial charge >= 0.3 is 0 Å². The van der Waals surface area contributed by atoms with Gasteiger partial charge in [0.2, 0.25) is 0 Å². The van der Waals surface area contributed by atoms with E-state index < -0.39 is 0 Å². The minimum absolute atomic E-state index is 0.682. The maximum atomic E-state index is 5.34. The van der Waals surface area contributed by atoms with Crippen LogP contribution in [0.4, 0.5) is 0 Å². The van der Waals surface area contributed by atoms with Crippen LogP contribution in [0.25, 0.3) is 11.4 Å². The van der Waals surface area contributed by atoms with Crippen LogP contribution in [-0.2, 0) is 13.0 Å². The van der Waals surface area contributed by atoms with Crippen molar-refractivity contribution in [3.63, 3.8) is 0 Å². The molecule has 2 aromatic heterocycles. The van der Waals surface area contributed by atoms with Crippen molar-refractivity contribution in [1.29, 1.82) is 0 Å². The first-order valence-corrected chi connectivity index (χ1v) is 6.04. The van der Waals surface area contributed by atoms with Gasteiger partial charge in [0, 0.05) is 30.8 Å². The van der Waals surface area contributed by atoms with Gasteiger partial charge in [0.15, 0.2) is 0 Å². The second-order valence-corrected chi connectivity index (χ2v) is 4.55. The van der Waals surface area contributed by atoms with Crippen LogP contribution >= 0.6 is 12.2 Å². The van der Waals surface area contributed by atoms with E-state index in [0.717, 1.165) is 42.2 Å². The molecular weight excluding hydrogens is 234 g/mol. The summed E-state index contributed by atoms with van der Waals surface area (Å²) in [5.74, 6) is 1.67. The average molecular weight is 247 g/mol. The van der Waals surface area contributed by atoms with E-state index in [9.17, 15) is 0 Å². The number of hydrogen-bond donors (Lipinski definition) is 2. The summed E-state index contributed by atoms with van der Waals surface area (Å²) in [6, 6.07) is 1.91. The fraction of sp³-hybridized carbons (Fsp3) is 0.333. The third-order valence-corrected chi connectivity index (χ3v) is 3.41. The molecule has 17 heavy (non-hydrogen) atoms. The third-order valence-electron chi connectivity index (χ3n) is 3.07. The Morgan fingerprint density at radius 2 is 2.35 bits per heavy atom. The van der Waals surface area contributed by atoms with Gasteiger partial charge in [-0.15, -0.1) is 0 Å². The van der Waals surface area contributed by atoms with Crippen LogP contribution in [0.3, 0.4) is 0 Å². The molecule has 0 saturated carbocycles. The molecule has 0 fully saturated rings. The van der Waals surface area contributed by atoms with Crippen molar-refractivity contribution in [2.75, 3.05) is 6.54 Å². The maximum Gasteiger partial charge on any atom is 0.142 e. The first-order chi connectivity index (χ1) is 8.25. The Kier molecular flexibility index (Phi) is 2.57. The summed E-state index contributed by atoms with van der Waals surface area (Å²) in [5.41, 5.74) is 3.30. The van der Waals surface area contributed by atoms with Crippen LogP contribution in [0.1, 0.15) is 17.0 Å². The number of hydrogen-bond acceptors (Lipinski definition) is 4. The zero-order valence-corrected chi connectivity index (χ0v) is 10.4. The van der Waals surface area contributed by atoms with Crippen LogP contribution in [0.15, 0.2) is 16.7 Å². The molecule has 0 bridgehead atoms. The molecule has 4 nitrogen and oxygen atoms in total. The standard InChI is InChI=1S/C12H13N3OS/c1-7-8(3-5-16-7)11-14-10-2-4-13-6-9(10)12(17)15-11/h3,5,13H,2,4,6H2,1H3,(H,14,15,17). The summed E-state index contributed by atoms with van der Waals surface area (Å²) >= 11 is 5.34. The first kappa shape index (κ1) is 10.7. The molecule has 88 valence electrons. The summed E-state index contributed by atoms with van der Waals surface area (Å²) in [7, 11) is 0. The molecule has 2 aromatic rings. The van der Waals surface area contributed by atoms with Gasteiger partial charge in [-0.1, -0.05) is 12.2 Å². The molecular formula is C12H13N3OS. The molecule has 5 heteroatoms. The van der Waals surface area contributed by atoms with Gasteiger partial charge < -0.3 is 14.7 Å². The smallest absolute Gasteiger partial charge is 0.142 e. The van der Waals surface area contributed by atoms with E-state index in [2.05, 4.69) is 15.3 Å². The fourth-order valence-electron chi connectivity index (χ4n) is 2.13.